The van der Waals surface area contributed by atoms with E-state index in [-0.39, 0.29) is 4.87 Å². The van der Waals surface area contributed by atoms with Crippen molar-refractivity contribution in [3.8, 4) is 5.75 Å². The number of thiazole rings is 1. The van der Waals surface area contributed by atoms with Crippen LogP contribution in [-0.2, 0) is 7.05 Å². The van der Waals surface area contributed by atoms with Crippen molar-refractivity contribution >= 4 is 32.9 Å². The van der Waals surface area contributed by atoms with Crippen LogP contribution in [0.3, 0.4) is 0 Å². The van der Waals surface area contributed by atoms with Crippen molar-refractivity contribution in [2.75, 3.05) is 43.1 Å². The van der Waals surface area contributed by atoms with Gasteiger partial charge in [-0.3, -0.25) is 4.79 Å². The van der Waals surface area contributed by atoms with Gasteiger partial charge in [-0.2, -0.15) is 0 Å². The summed E-state index contributed by atoms with van der Waals surface area (Å²) in [4.78, 5) is 16.7. The Morgan fingerprint density at radius 2 is 1.52 bits per heavy atom. The molecule has 0 spiro atoms. The van der Waals surface area contributed by atoms with Crippen molar-refractivity contribution in [2.24, 2.45) is 7.05 Å². The van der Waals surface area contributed by atoms with Crippen LogP contribution < -0.4 is 19.4 Å². The van der Waals surface area contributed by atoms with Crippen LogP contribution in [0.25, 0.3) is 10.2 Å². The summed E-state index contributed by atoms with van der Waals surface area (Å²) in [5, 5.41) is 0. The number of aryl methyl sites for hydroxylation is 1. The second-order valence-corrected chi connectivity index (χ2v) is 7.24. The summed E-state index contributed by atoms with van der Waals surface area (Å²) in [6, 6.07) is 14.6. The Morgan fingerprint density at radius 3 is 2.16 bits per heavy atom. The fraction of sp³-hybridized carbons (Fsp3) is 0.316. The third-order valence-electron chi connectivity index (χ3n) is 4.86. The number of rotatable bonds is 3. The van der Waals surface area contributed by atoms with Crippen LogP contribution in [-0.4, -0.2) is 37.9 Å². The lowest BCUT2D eigenvalue weighted by Gasteiger charge is -2.37. The first-order valence-corrected chi connectivity index (χ1v) is 9.21. The first-order chi connectivity index (χ1) is 12.2. The van der Waals surface area contributed by atoms with Gasteiger partial charge in [-0.15, -0.1) is 0 Å². The number of hydrogen-bond donors (Lipinski definition) is 0. The van der Waals surface area contributed by atoms with Crippen LogP contribution in [0.2, 0.25) is 0 Å². The predicted octanol–water partition coefficient (Wildman–Crippen LogP) is 2.94. The molecule has 1 fully saturated rings. The highest BCUT2D eigenvalue weighted by molar-refractivity contribution is 7.16. The van der Waals surface area contributed by atoms with Gasteiger partial charge in [-0.1, -0.05) is 11.3 Å². The van der Waals surface area contributed by atoms with Gasteiger partial charge in [0, 0.05) is 44.6 Å². The summed E-state index contributed by atoms with van der Waals surface area (Å²) in [5.74, 6) is 0.887. The highest BCUT2D eigenvalue weighted by Crippen LogP contribution is 2.26. The molecule has 4 rings (SSSR count). The zero-order chi connectivity index (χ0) is 17.4. The Hall–Kier alpha value is -2.47. The molecule has 25 heavy (non-hydrogen) atoms. The Labute approximate surface area is 150 Å². The largest absolute Gasteiger partial charge is 0.497 e. The zero-order valence-corrected chi connectivity index (χ0v) is 15.3. The van der Waals surface area contributed by atoms with E-state index in [1.165, 1.54) is 22.7 Å². The molecule has 3 aromatic rings. The quantitative estimate of drug-likeness (QED) is 0.724. The number of piperazine rings is 1. The van der Waals surface area contributed by atoms with E-state index in [0.29, 0.717) is 0 Å². The van der Waals surface area contributed by atoms with Crippen molar-refractivity contribution in [3.05, 3.63) is 52.1 Å². The standard InChI is InChI=1S/C19H21N3O2S/c1-20-17-8-5-15(13-18(17)25-19(20)23)22-11-9-21(10-12-22)14-3-6-16(24-2)7-4-14/h3-8,13H,9-12H2,1-2H3. The average Bonchev–Trinajstić information content (AvgIpc) is 2.95. The second kappa shape index (κ2) is 6.44. The SMILES string of the molecule is COc1ccc(N2CCN(c3ccc4c(c3)sc(=O)n4C)CC2)cc1. The highest BCUT2D eigenvalue weighted by atomic mass is 32.1. The molecule has 0 amide bonds. The molecule has 0 aliphatic carbocycles. The normalized spacial score (nSPS) is 15.0. The van der Waals surface area contributed by atoms with Crippen molar-refractivity contribution in [1.82, 2.24) is 4.57 Å². The fourth-order valence-electron chi connectivity index (χ4n) is 3.34. The second-order valence-electron chi connectivity index (χ2n) is 6.25. The molecule has 0 saturated carbocycles. The number of aromatic nitrogens is 1. The maximum Gasteiger partial charge on any atom is 0.307 e. The van der Waals surface area contributed by atoms with Crippen LogP contribution in [0.4, 0.5) is 11.4 Å². The summed E-state index contributed by atoms with van der Waals surface area (Å²) >= 11 is 1.32. The summed E-state index contributed by atoms with van der Waals surface area (Å²) in [7, 11) is 3.52. The molecule has 1 aromatic heterocycles. The molecule has 0 atom stereocenters. The van der Waals surface area contributed by atoms with Crippen molar-refractivity contribution in [1.29, 1.82) is 0 Å². The van der Waals surface area contributed by atoms with E-state index in [0.717, 1.165) is 42.1 Å². The first-order valence-electron chi connectivity index (χ1n) is 8.39. The topological polar surface area (TPSA) is 37.7 Å². The van der Waals surface area contributed by atoms with Gasteiger partial charge in [0.1, 0.15) is 5.75 Å². The first kappa shape index (κ1) is 16.0. The molecular weight excluding hydrogens is 334 g/mol. The number of methoxy groups -OCH3 is 1. The molecule has 0 unspecified atom stereocenters. The van der Waals surface area contributed by atoms with Crippen LogP contribution in [0, 0.1) is 0 Å². The molecule has 0 bridgehead atoms. The van der Waals surface area contributed by atoms with E-state index in [9.17, 15) is 4.79 Å². The Bertz CT molecular complexity index is 937. The molecule has 1 aliphatic heterocycles. The third kappa shape index (κ3) is 2.98. The molecule has 1 saturated heterocycles. The molecule has 6 heteroatoms. The maximum atomic E-state index is 11.8. The fourth-order valence-corrected chi connectivity index (χ4v) is 4.25. The van der Waals surface area contributed by atoms with Gasteiger partial charge in [0.15, 0.2) is 0 Å². The lowest BCUT2D eigenvalue weighted by atomic mass is 10.2. The lowest BCUT2D eigenvalue weighted by Crippen LogP contribution is -2.46. The molecule has 2 aromatic carbocycles. The summed E-state index contributed by atoms with van der Waals surface area (Å²) < 4.78 is 8.00. The Balaban J connectivity index is 1.48. The van der Waals surface area contributed by atoms with Crippen LogP contribution >= 0.6 is 11.3 Å². The smallest absolute Gasteiger partial charge is 0.307 e. The van der Waals surface area contributed by atoms with E-state index in [1.807, 2.05) is 19.2 Å². The van der Waals surface area contributed by atoms with E-state index in [2.05, 4.69) is 40.1 Å². The number of anilines is 2. The minimum Gasteiger partial charge on any atom is -0.497 e. The monoisotopic (exact) mass is 355 g/mol. The molecule has 1 aliphatic rings. The van der Waals surface area contributed by atoms with Gasteiger partial charge < -0.3 is 19.1 Å². The molecular formula is C19H21N3O2S. The number of ether oxygens (including phenoxy) is 1. The van der Waals surface area contributed by atoms with Crippen molar-refractivity contribution < 1.29 is 4.74 Å². The maximum absolute atomic E-state index is 11.8. The van der Waals surface area contributed by atoms with Crippen LogP contribution in [0.5, 0.6) is 5.75 Å². The summed E-state index contributed by atoms with van der Waals surface area (Å²) in [6.45, 7) is 3.91. The minimum atomic E-state index is 0.0940. The zero-order valence-electron chi connectivity index (χ0n) is 14.4. The van der Waals surface area contributed by atoms with Gasteiger partial charge in [0.05, 0.1) is 17.3 Å². The van der Waals surface area contributed by atoms with Gasteiger partial charge in [-0.05, 0) is 42.5 Å². The van der Waals surface area contributed by atoms with Crippen LogP contribution in [0.15, 0.2) is 47.3 Å². The summed E-state index contributed by atoms with van der Waals surface area (Å²) in [6.07, 6.45) is 0. The van der Waals surface area contributed by atoms with Gasteiger partial charge in [0.25, 0.3) is 0 Å². The highest BCUT2D eigenvalue weighted by Gasteiger charge is 2.18. The molecule has 130 valence electrons. The number of benzene rings is 2. The third-order valence-corrected chi connectivity index (χ3v) is 5.85. The number of hydrogen-bond acceptors (Lipinski definition) is 5. The van der Waals surface area contributed by atoms with Gasteiger partial charge in [-0.25, -0.2) is 0 Å². The Kier molecular flexibility index (Phi) is 4.13. The molecule has 5 nitrogen and oxygen atoms in total. The van der Waals surface area contributed by atoms with E-state index < -0.39 is 0 Å². The van der Waals surface area contributed by atoms with Crippen molar-refractivity contribution in [3.63, 3.8) is 0 Å². The molecule has 2 heterocycles. The number of nitrogens with zero attached hydrogens (tertiary/aromatic N) is 3. The molecule has 0 radical (unpaired) electrons. The van der Waals surface area contributed by atoms with Gasteiger partial charge in [0.2, 0.25) is 0 Å². The van der Waals surface area contributed by atoms with E-state index in [1.54, 1.807) is 11.7 Å². The predicted molar refractivity (Wildman–Crippen MR) is 104 cm³/mol. The Morgan fingerprint density at radius 1 is 0.920 bits per heavy atom. The van der Waals surface area contributed by atoms with Gasteiger partial charge >= 0.3 is 4.87 Å². The number of fused-ring (bicyclic) bond motifs is 1. The lowest BCUT2D eigenvalue weighted by molar-refractivity contribution is 0.415. The average molecular weight is 355 g/mol. The van der Waals surface area contributed by atoms with Crippen LogP contribution in [0.1, 0.15) is 0 Å². The minimum absolute atomic E-state index is 0.0940. The van der Waals surface area contributed by atoms with E-state index in [4.69, 9.17) is 4.74 Å². The summed E-state index contributed by atoms with van der Waals surface area (Å²) in [5.41, 5.74) is 3.44. The van der Waals surface area contributed by atoms with E-state index >= 15 is 0 Å². The van der Waals surface area contributed by atoms with Crippen molar-refractivity contribution in [2.45, 2.75) is 0 Å². The molecule has 0 N–H and O–H groups in total.